The zero-order valence-electron chi connectivity index (χ0n) is 20.5. The summed E-state index contributed by atoms with van der Waals surface area (Å²) < 4.78 is 15.3. The number of hydroxylamine groups is 2. The van der Waals surface area contributed by atoms with Gasteiger partial charge in [-0.05, 0) is 47.0 Å². The maximum Gasteiger partial charge on any atom is 0.202 e. The summed E-state index contributed by atoms with van der Waals surface area (Å²) in [4.78, 5) is 20.8. The maximum absolute atomic E-state index is 15.3. The summed E-state index contributed by atoms with van der Waals surface area (Å²) in [6.45, 7) is 8.53. The minimum atomic E-state index is -3.55. The Hall–Kier alpha value is -2.52. The first kappa shape index (κ1) is 24.6. The van der Waals surface area contributed by atoms with Gasteiger partial charge in [-0.1, -0.05) is 91.0 Å². The van der Waals surface area contributed by atoms with Crippen LogP contribution in [0.3, 0.4) is 0 Å². The molecule has 0 radical (unpaired) electrons. The molecule has 1 fully saturated rings. The fourth-order valence-corrected chi connectivity index (χ4v) is 7.88. The molecule has 4 nitrogen and oxygen atoms in total. The number of carbonyl (C=O) groups is 1. The lowest BCUT2D eigenvalue weighted by molar-refractivity contribution is -0.281. The third-order valence-electron chi connectivity index (χ3n) is 6.77. The standard InChI is InChI=1S/C29H34NO3P/c1-28(2)21-14-22-29(3,4)30(28)33-27(26(31)23-15-8-5-9-16-23)34(32,24-17-10-6-11-18-24)25-19-12-7-13-20-25/h5-13,15-20,27H,14,21-22H2,1-4H3. The SMILES string of the molecule is CC1(C)CCCC(C)(C)N1OC(C(=O)c1ccccc1)P(=O)(c1ccccc1)c1ccccc1. The second kappa shape index (κ2) is 9.62. The van der Waals surface area contributed by atoms with Crippen LogP contribution in [-0.4, -0.2) is 27.8 Å². The van der Waals surface area contributed by atoms with Crippen molar-refractivity contribution in [2.75, 3.05) is 0 Å². The number of piperidine rings is 1. The van der Waals surface area contributed by atoms with Crippen LogP contribution >= 0.6 is 7.14 Å². The van der Waals surface area contributed by atoms with Gasteiger partial charge in [-0.25, -0.2) is 0 Å². The molecule has 3 aromatic carbocycles. The molecule has 0 saturated carbocycles. The van der Waals surface area contributed by atoms with E-state index in [0.29, 0.717) is 16.2 Å². The minimum absolute atomic E-state index is 0.270. The molecular formula is C29H34NO3P. The van der Waals surface area contributed by atoms with Crippen LogP contribution in [0.1, 0.15) is 57.3 Å². The number of hydrogen-bond donors (Lipinski definition) is 0. The molecule has 34 heavy (non-hydrogen) atoms. The van der Waals surface area contributed by atoms with Crippen molar-refractivity contribution in [2.45, 2.75) is 63.9 Å². The third-order valence-corrected chi connectivity index (χ3v) is 9.89. The Morgan fingerprint density at radius 2 is 1.18 bits per heavy atom. The lowest BCUT2D eigenvalue weighted by Gasteiger charge is -2.52. The largest absolute Gasteiger partial charge is 0.310 e. The molecule has 0 bridgehead atoms. The molecule has 0 amide bonds. The third kappa shape index (κ3) is 4.68. The lowest BCUT2D eigenvalue weighted by atomic mass is 9.82. The fourth-order valence-electron chi connectivity index (χ4n) is 5.10. The summed E-state index contributed by atoms with van der Waals surface area (Å²) in [6.07, 6.45) is 2.94. The average molecular weight is 476 g/mol. The van der Waals surface area contributed by atoms with E-state index in [-0.39, 0.29) is 16.9 Å². The van der Waals surface area contributed by atoms with Crippen molar-refractivity contribution in [3.05, 3.63) is 96.6 Å². The van der Waals surface area contributed by atoms with Crippen LogP contribution in [0.5, 0.6) is 0 Å². The van der Waals surface area contributed by atoms with Gasteiger partial charge in [-0.15, -0.1) is 0 Å². The maximum atomic E-state index is 15.3. The van der Waals surface area contributed by atoms with Gasteiger partial charge in [-0.3, -0.25) is 9.63 Å². The first-order valence-corrected chi connectivity index (χ1v) is 13.7. The van der Waals surface area contributed by atoms with Crippen LogP contribution in [0.2, 0.25) is 0 Å². The van der Waals surface area contributed by atoms with Gasteiger partial charge >= 0.3 is 0 Å². The fraction of sp³-hybridized carbons (Fsp3) is 0.345. The van der Waals surface area contributed by atoms with Crippen LogP contribution < -0.4 is 10.6 Å². The highest BCUT2D eigenvalue weighted by Crippen LogP contribution is 2.52. The number of Topliss-reactive ketones (excluding diaryl/α,β-unsaturated/α-hetero) is 1. The van der Waals surface area contributed by atoms with Gasteiger partial charge in [0.1, 0.15) is 0 Å². The molecule has 1 unspecified atom stereocenters. The molecule has 4 rings (SSSR count). The molecule has 0 spiro atoms. The van der Waals surface area contributed by atoms with E-state index in [0.717, 1.165) is 19.3 Å². The Bertz CT molecular complexity index is 1100. The summed E-state index contributed by atoms with van der Waals surface area (Å²) in [7, 11) is -3.55. The van der Waals surface area contributed by atoms with Crippen molar-refractivity contribution >= 4 is 23.5 Å². The summed E-state index contributed by atoms with van der Waals surface area (Å²) in [5.74, 6) is -1.45. The molecular weight excluding hydrogens is 441 g/mol. The second-order valence-corrected chi connectivity index (χ2v) is 13.1. The van der Waals surface area contributed by atoms with Gasteiger partial charge in [0.05, 0.1) is 0 Å². The van der Waals surface area contributed by atoms with Crippen molar-refractivity contribution in [1.82, 2.24) is 5.06 Å². The van der Waals surface area contributed by atoms with E-state index in [4.69, 9.17) is 4.84 Å². The molecule has 0 aromatic heterocycles. The number of nitrogens with zero attached hydrogens (tertiary/aromatic N) is 1. The molecule has 1 aliphatic rings. The zero-order valence-corrected chi connectivity index (χ0v) is 21.4. The molecule has 0 N–H and O–H groups in total. The highest BCUT2D eigenvalue weighted by Gasteiger charge is 2.50. The molecule has 0 aliphatic carbocycles. The highest BCUT2D eigenvalue weighted by atomic mass is 31.2. The minimum Gasteiger partial charge on any atom is -0.310 e. The van der Waals surface area contributed by atoms with Gasteiger partial charge in [0.15, 0.2) is 7.14 Å². The Morgan fingerprint density at radius 3 is 1.62 bits per heavy atom. The smallest absolute Gasteiger partial charge is 0.202 e. The van der Waals surface area contributed by atoms with Crippen LogP contribution in [0.25, 0.3) is 0 Å². The van der Waals surface area contributed by atoms with E-state index in [1.165, 1.54) is 0 Å². The van der Waals surface area contributed by atoms with E-state index in [2.05, 4.69) is 27.7 Å². The van der Waals surface area contributed by atoms with Gasteiger partial charge in [0.2, 0.25) is 11.6 Å². The summed E-state index contributed by atoms with van der Waals surface area (Å²) in [5, 5.41) is 3.18. The Labute approximate surface area is 203 Å². The average Bonchev–Trinajstić information content (AvgIpc) is 2.84. The second-order valence-electron chi connectivity index (χ2n) is 10.3. The predicted octanol–water partition coefficient (Wildman–Crippen LogP) is 6.18. The van der Waals surface area contributed by atoms with Crippen LogP contribution in [0, 0.1) is 0 Å². The van der Waals surface area contributed by atoms with Crippen molar-refractivity contribution in [2.24, 2.45) is 0 Å². The first-order valence-electron chi connectivity index (χ1n) is 11.9. The number of ketones is 1. The molecule has 1 atom stereocenters. The Kier molecular flexibility index (Phi) is 6.96. The molecule has 1 heterocycles. The van der Waals surface area contributed by atoms with E-state index < -0.39 is 13.0 Å². The zero-order chi connectivity index (χ0) is 24.4. The summed E-state index contributed by atoms with van der Waals surface area (Å²) in [6, 6.07) is 27.7. The first-order chi connectivity index (χ1) is 16.2. The number of hydrogen-bond acceptors (Lipinski definition) is 4. The summed E-state index contributed by atoms with van der Waals surface area (Å²) >= 11 is 0. The van der Waals surface area contributed by atoms with E-state index >= 15 is 4.57 Å². The molecule has 5 heteroatoms. The summed E-state index contributed by atoms with van der Waals surface area (Å²) in [5.41, 5.74) is -0.128. The molecule has 178 valence electrons. The van der Waals surface area contributed by atoms with Crippen LogP contribution in [-0.2, 0) is 9.40 Å². The van der Waals surface area contributed by atoms with Gasteiger partial charge < -0.3 is 4.57 Å². The topological polar surface area (TPSA) is 46.6 Å². The Morgan fingerprint density at radius 1 is 0.765 bits per heavy atom. The van der Waals surface area contributed by atoms with Gasteiger partial charge in [0.25, 0.3) is 0 Å². The molecule has 1 aliphatic heterocycles. The number of carbonyl (C=O) groups excluding carboxylic acids is 1. The Balaban J connectivity index is 1.92. The van der Waals surface area contributed by atoms with Gasteiger partial charge in [0, 0.05) is 27.3 Å². The van der Waals surface area contributed by atoms with Crippen LogP contribution in [0.15, 0.2) is 91.0 Å². The highest BCUT2D eigenvalue weighted by molar-refractivity contribution is 7.80. The van der Waals surface area contributed by atoms with E-state index in [1.807, 2.05) is 83.9 Å². The van der Waals surface area contributed by atoms with Crippen molar-refractivity contribution in [1.29, 1.82) is 0 Å². The van der Waals surface area contributed by atoms with Crippen molar-refractivity contribution in [3.8, 4) is 0 Å². The lowest BCUT2D eigenvalue weighted by Crippen LogP contribution is -2.60. The monoisotopic (exact) mass is 475 g/mol. The van der Waals surface area contributed by atoms with E-state index in [9.17, 15) is 4.79 Å². The van der Waals surface area contributed by atoms with E-state index in [1.54, 1.807) is 12.1 Å². The predicted molar refractivity (Wildman–Crippen MR) is 139 cm³/mol. The quantitative estimate of drug-likeness (QED) is 0.302. The van der Waals surface area contributed by atoms with Crippen molar-refractivity contribution in [3.63, 3.8) is 0 Å². The number of benzene rings is 3. The van der Waals surface area contributed by atoms with Crippen molar-refractivity contribution < 1.29 is 14.2 Å². The number of rotatable bonds is 7. The van der Waals surface area contributed by atoms with Gasteiger partial charge in [-0.2, -0.15) is 5.06 Å². The van der Waals surface area contributed by atoms with Crippen LogP contribution in [0.4, 0.5) is 0 Å². The normalized spacial score (nSPS) is 18.8. The molecule has 1 saturated heterocycles. The molecule has 3 aromatic rings.